The largest absolute Gasteiger partial charge is 0.364 e. The Bertz CT molecular complexity index is 1030. The summed E-state index contributed by atoms with van der Waals surface area (Å²) in [4.78, 5) is 15.1. The first kappa shape index (κ1) is 21.9. The molecule has 4 nitrogen and oxygen atoms in total. The predicted octanol–water partition coefficient (Wildman–Crippen LogP) is 6.39. The highest BCUT2D eigenvalue weighted by atomic mass is 35.5. The molecule has 0 aliphatic carbocycles. The quantitative estimate of drug-likeness (QED) is 0.459. The predicted molar refractivity (Wildman–Crippen MR) is 125 cm³/mol. The Kier molecular flexibility index (Phi) is 6.24. The third-order valence-electron chi connectivity index (χ3n) is 5.57. The molecule has 3 rings (SSSR count). The van der Waals surface area contributed by atoms with E-state index in [1.807, 2.05) is 12.1 Å². The number of fused-ring (bicyclic) bond motifs is 1. The van der Waals surface area contributed by atoms with Crippen molar-refractivity contribution in [2.75, 3.05) is 10.2 Å². The van der Waals surface area contributed by atoms with Gasteiger partial charge in [0.1, 0.15) is 11.6 Å². The monoisotopic (exact) mass is 421 g/mol. The van der Waals surface area contributed by atoms with Crippen molar-refractivity contribution in [1.29, 1.82) is 5.26 Å². The third kappa shape index (κ3) is 4.52. The number of hydrogen-bond donors (Lipinski definition) is 1. The van der Waals surface area contributed by atoms with Crippen molar-refractivity contribution in [3.63, 3.8) is 0 Å². The van der Waals surface area contributed by atoms with Crippen LogP contribution < -0.4 is 10.2 Å². The lowest BCUT2D eigenvalue weighted by Gasteiger charge is -2.50. The van der Waals surface area contributed by atoms with Crippen LogP contribution >= 0.6 is 11.6 Å². The number of nitriles is 1. The summed E-state index contributed by atoms with van der Waals surface area (Å²) in [5.74, 6) is -0.0559. The molecule has 156 valence electrons. The molecule has 0 aromatic heterocycles. The number of hydrogen-bond acceptors (Lipinski definition) is 3. The first-order chi connectivity index (χ1) is 14.1. The van der Waals surface area contributed by atoms with Crippen LogP contribution in [0.1, 0.15) is 58.1 Å². The Morgan fingerprint density at radius 2 is 2.03 bits per heavy atom. The van der Waals surface area contributed by atoms with Crippen LogP contribution in [-0.4, -0.2) is 17.5 Å². The number of benzene rings is 2. The molecule has 1 atom stereocenters. The summed E-state index contributed by atoms with van der Waals surface area (Å²) < 4.78 is 0. The molecule has 5 heteroatoms. The lowest BCUT2D eigenvalue weighted by atomic mass is 9.79. The van der Waals surface area contributed by atoms with E-state index >= 15 is 0 Å². The van der Waals surface area contributed by atoms with Crippen LogP contribution in [0.2, 0.25) is 5.02 Å². The van der Waals surface area contributed by atoms with Crippen molar-refractivity contribution in [1.82, 2.24) is 0 Å². The standard InChI is InChI=1S/C25H28ClN3O/c1-16(2)29-23-10-9-18(12-22(23)17(3)14-25(29,4)5)11-19(15-27)24(30)28-21-8-6-7-20(26)13-21/h6-13,16-17H,14H2,1-5H3,(H,28,30)/b19-11-. The summed E-state index contributed by atoms with van der Waals surface area (Å²) in [5, 5.41) is 12.8. The molecule has 1 aliphatic rings. The van der Waals surface area contributed by atoms with Crippen molar-refractivity contribution in [3.8, 4) is 6.07 Å². The number of carbonyl (C=O) groups is 1. The molecule has 0 saturated carbocycles. The Morgan fingerprint density at radius 3 is 2.67 bits per heavy atom. The third-order valence-corrected chi connectivity index (χ3v) is 5.81. The van der Waals surface area contributed by atoms with Crippen molar-refractivity contribution in [2.45, 2.75) is 58.5 Å². The van der Waals surface area contributed by atoms with Gasteiger partial charge in [0.05, 0.1) is 0 Å². The Morgan fingerprint density at radius 1 is 1.30 bits per heavy atom. The van der Waals surface area contributed by atoms with Crippen LogP contribution in [0.15, 0.2) is 48.0 Å². The first-order valence-electron chi connectivity index (χ1n) is 10.2. The molecule has 1 N–H and O–H groups in total. The maximum Gasteiger partial charge on any atom is 0.266 e. The summed E-state index contributed by atoms with van der Waals surface area (Å²) in [7, 11) is 0. The maximum atomic E-state index is 12.6. The van der Waals surface area contributed by atoms with E-state index < -0.39 is 5.91 Å². The number of halogens is 1. The van der Waals surface area contributed by atoms with Gasteiger partial charge in [-0.15, -0.1) is 0 Å². The van der Waals surface area contributed by atoms with Crippen LogP contribution in [0.25, 0.3) is 6.08 Å². The second-order valence-corrected chi connectivity index (χ2v) is 9.27. The van der Waals surface area contributed by atoms with E-state index in [1.165, 1.54) is 11.3 Å². The zero-order chi connectivity index (χ0) is 22.1. The number of nitrogens with zero attached hydrogens (tertiary/aromatic N) is 2. The van der Waals surface area contributed by atoms with Crippen molar-refractivity contribution >= 4 is 35.0 Å². The fourth-order valence-corrected chi connectivity index (χ4v) is 4.81. The van der Waals surface area contributed by atoms with Crippen LogP contribution in [0, 0.1) is 11.3 Å². The van der Waals surface area contributed by atoms with Gasteiger partial charge in [-0.2, -0.15) is 5.26 Å². The summed E-state index contributed by atoms with van der Waals surface area (Å²) in [5.41, 5.74) is 4.02. The van der Waals surface area contributed by atoms with E-state index in [9.17, 15) is 10.1 Å². The molecule has 1 heterocycles. The van der Waals surface area contributed by atoms with E-state index in [1.54, 1.807) is 30.3 Å². The van der Waals surface area contributed by atoms with Crippen LogP contribution in [0.4, 0.5) is 11.4 Å². The first-order valence-corrected chi connectivity index (χ1v) is 10.6. The van der Waals surface area contributed by atoms with Gasteiger partial charge >= 0.3 is 0 Å². The number of carbonyl (C=O) groups excluding carboxylic acids is 1. The molecule has 2 aromatic rings. The van der Waals surface area contributed by atoms with Crippen molar-refractivity contribution in [2.24, 2.45) is 0 Å². The number of amides is 1. The maximum absolute atomic E-state index is 12.6. The molecule has 30 heavy (non-hydrogen) atoms. The van der Waals surface area contributed by atoms with Crippen molar-refractivity contribution in [3.05, 3.63) is 64.2 Å². The normalized spacial score (nSPS) is 18.0. The van der Waals surface area contributed by atoms with E-state index in [4.69, 9.17) is 11.6 Å². The van der Waals surface area contributed by atoms with E-state index in [0.29, 0.717) is 22.7 Å². The lowest BCUT2D eigenvalue weighted by Crippen LogP contribution is -2.51. The molecular weight excluding hydrogens is 394 g/mol. The molecule has 1 amide bonds. The Hall–Kier alpha value is -2.77. The number of anilines is 2. The summed E-state index contributed by atoms with van der Waals surface area (Å²) in [6, 6.07) is 15.5. The second kappa shape index (κ2) is 8.53. The van der Waals surface area contributed by atoms with Crippen LogP contribution in [-0.2, 0) is 4.79 Å². The van der Waals surface area contributed by atoms with E-state index in [2.05, 4.69) is 57.0 Å². The summed E-state index contributed by atoms with van der Waals surface area (Å²) in [6.45, 7) is 11.2. The zero-order valence-corrected chi connectivity index (χ0v) is 18.9. The van der Waals surface area contributed by atoms with Crippen LogP contribution in [0.5, 0.6) is 0 Å². The zero-order valence-electron chi connectivity index (χ0n) is 18.2. The topological polar surface area (TPSA) is 56.1 Å². The molecule has 1 aliphatic heterocycles. The highest BCUT2D eigenvalue weighted by Gasteiger charge is 2.37. The summed E-state index contributed by atoms with van der Waals surface area (Å²) in [6.07, 6.45) is 2.69. The molecule has 0 bridgehead atoms. The molecule has 0 radical (unpaired) electrons. The van der Waals surface area contributed by atoms with Crippen molar-refractivity contribution < 1.29 is 4.79 Å². The highest BCUT2D eigenvalue weighted by Crippen LogP contribution is 2.44. The minimum Gasteiger partial charge on any atom is -0.364 e. The average molecular weight is 422 g/mol. The van der Waals surface area contributed by atoms with Gasteiger partial charge in [0.15, 0.2) is 0 Å². The van der Waals surface area contributed by atoms with Gasteiger partial charge in [-0.05, 0) is 87.6 Å². The van der Waals surface area contributed by atoms with Gasteiger partial charge in [0, 0.05) is 28.0 Å². The van der Waals surface area contributed by atoms with Gasteiger partial charge in [0.25, 0.3) is 5.91 Å². The van der Waals surface area contributed by atoms with E-state index in [-0.39, 0.29) is 11.1 Å². The lowest BCUT2D eigenvalue weighted by molar-refractivity contribution is -0.112. The molecule has 0 spiro atoms. The molecule has 1 unspecified atom stereocenters. The SMILES string of the molecule is CC1CC(C)(C)N(C(C)C)c2ccc(/C=C(/C#N)C(=O)Nc3cccc(Cl)c3)cc21. The molecule has 0 saturated heterocycles. The molecule has 2 aromatic carbocycles. The smallest absolute Gasteiger partial charge is 0.266 e. The fourth-order valence-electron chi connectivity index (χ4n) is 4.62. The van der Waals surface area contributed by atoms with Gasteiger partial charge in [0.2, 0.25) is 0 Å². The fraction of sp³-hybridized carbons (Fsp3) is 0.360. The average Bonchev–Trinajstić information content (AvgIpc) is 2.65. The Labute approximate surface area is 184 Å². The molecular formula is C25H28ClN3O. The number of rotatable bonds is 4. The van der Waals surface area contributed by atoms with E-state index in [0.717, 1.165) is 12.0 Å². The Balaban J connectivity index is 1.92. The molecule has 0 fully saturated rings. The van der Waals surface area contributed by atoms with Crippen LogP contribution in [0.3, 0.4) is 0 Å². The van der Waals surface area contributed by atoms with Gasteiger partial charge in [-0.25, -0.2) is 0 Å². The summed E-state index contributed by atoms with van der Waals surface area (Å²) >= 11 is 5.97. The van der Waals surface area contributed by atoms with Gasteiger partial charge in [-0.3, -0.25) is 4.79 Å². The minimum absolute atomic E-state index is 0.0550. The second-order valence-electron chi connectivity index (χ2n) is 8.83. The number of nitrogens with one attached hydrogen (secondary N) is 1. The van der Waals surface area contributed by atoms with Gasteiger partial charge in [-0.1, -0.05) is 30.7 Å². The highest BCUT2D eigenvalue weighted by molar-refractivity contribution is 6.31. The minimum atomic E-state index is -0.449. The van der Waals surface area contributed by atoms with Gasteiger partial charge < -0.3 is 10.2 Å².